The molecule has 1 aromatic carbocycles. The van der Waals surface area contributed by atoms with E-state index in [2.05, 4.69) is 0 Å². The summed E-state index contributed by atoms with van der Waals surface area (Å²) in [6.07, 6.45) is 1.49. The van der Waals surface area contributed by atoms with Gasteiger partial charge >= 0.3 is 11.9 Å². The molecular weight excluding hydrogens is 505 g/mol. The lowest BCUT2D eigenvalue weighted by molar-refractivity contribution is -0.146. The van der Waals surface area contributed by atoms with E-state index in [9.17, 15) is 19.2 Å². The molecule has 1 saturated heterocycles. The van der Waals surface area contributed by atoms with E-state index in [4.69, 9.17) is 19.3 Å². The summed E-state index contributed by atoms with van der Waals surface area (Å²) in [5.41, 5.74) is 0.547. The van der Waals surface area contributed by atoms with Gasteiger partial charge in [-0.2, -0.15) is 0 Å². The van der Waals surface area contributed by atoms with Crippen LogP contribution in [0.4, 0.5) is 4.79 Å². The molecular formula is C17H16INO8S. The standard InChI is InChI=1S/C17H16INO8S/c1-3-26-14(22)7-19-16(23)12(28-17(19)24)6-9-4-10(18)15(11(5-9)25-2)27-8-13(20)21/h4-6H,3,7-8H2,1-2H3,(H,20,21)/b12-6-. The first-order chi connectivity index (χ1) is 13.3. The molecule has 0 bridgehead atoms. The highest BCUT2D eigenvalue weighted by Gasteiger charge is 2.36. The molecule has 9 nitrogen and oxygen atoms in total. The predicted octanol–water partition coefficient (Wildman–Crippen LogP) is 2.36. The van der Waals surface area contributed by atoms with Gasteiger partial charge in [0.2, 0.25) is 0 Å². The largest absolute Gasteiger partial charge is 0.493 e. The molecule has 11 heteroatoms. The van der Waals surface area contributed by atoms with Crippen LogP contribution in [0.15, 0.2) is 17.0 Å². The van der Waals surface area contributed by atoms with E-state index in [1.54, 1.807) is 19.1 Å². The Hall–Kier alpha value is -2.28. The van der Waals surface area contributed by atoms with E-state index in [-0.39, 0.29) is 23.0 Å². The lowest BCUT2D eigenvalue weighted by atomic mass is 10.2. The van der Waals surface area contributed by atoms with Crippen molar-refractivity contribution in [2.24, 2.45) is 0 Å². The monoisotopic (exact) mass is 521 g/mol. The molecule has 0 unspecified atom stereocenters. The Kier molecular flexibility index (Phi) is 7.69. The van der Waals surface area contributed by atoms with Gasteiger partial charge in [0, 0.05) is 0 Å². The summed E-state index contributed by atoms with van der Waals surface area (Å²) in [6.45, 7) is 0.807. The van der Waals surface area contributed by atoms with Crippen LogP contribution in [0.2, 0.25) is 0 Å². The molecule has 2 amide bonds. The number of carbonyl (C=O) groups is 4. The van der Waals surface area contributed by atoms with Gasteiger partial charge in [-0.3, -0.25) is 19.3 Å². The summed E-state index contributed by atoms with van der Waals surface area (Å²) in [5, 5.41) is 8.20. The van der Waals surface area contributed by atoms with Crippen molar-refractivity contribution in [3.05, 3.63) is 26.2 Å². The summed E-state index contributed by atoms with van der Waals surface area (Å²) in [7, 11) is 1.40. The molecule has 0 aromatic heterocycles. The van der Waals surface area contributed by atoms with E-state index < -0.39 is 36.2 Å². The molecule has 0 saturated carbocycles. The summed E-state index contributed by atoms with van der Waals surface area (Å²) < 4.78 is 15.8. The maximum atomic E-state index is 12.4. The number of ether oxygens (including phenoxy) is 3. The fourth-order valence-corrected chi connectivity index (χ4v) is 3.84. The van der Waals surface area contributed by atoms with Crippen molar-refractivity contribution < 1.29 is 38.5 Å². The Balaban J connectivity index is 2.26. The van der Waals surface area contributed by atoms with Crippen molar-refractivity contribution in [3.8, 4) is 11.5 Å². The number of carboxylic acids is 1. The van der Waals surface area contributed by atoms with Crippen molar-refractivity contribution in [3.63, 3.8) is 0 Å². The molecule has 2 rings (SSSR count). The van der Waals surface area contributed by atoms with E-state index in [0.29, 0.717) is 20.9 Å². The number of amides is 2. The average molecular weight is 521 g/mol. The van der Waals surface area contributed by atoms with Gasteiger partial charge in [-0.15, -0.1) is 0 Å². The highest BCUT2D eigenvalue weighted by Crippen LogP contribution is 2.37. The van der Waals surface area contributed by atoms with Crippen molar-refractivity contribution in [1.82, 2.24) is 4.90 Å². The molecule has 0 spiro atoms. The first kappa shape index (κ1) is 22.0. The smallest absolute Gasteiger partial charge is 0.341 e. The number of benzene rings is 1. The minimum Gasteiger partial charge on any atom is -0.493 e. The van der Waals surface area contributed by atoms with Crippen molar-refractivity contribution >= 4 is 63.5 Å². The molecule has 28 heavy (non-hydrogen) atoms. The maximum absolute atomic E-state index is 12.4. The van der Waals surface area contributed by atoms with Gasteiger partial charge < -0.3 is 19.3 Å². The molecule has 1 N–H and O–H groups in total. The number of imide groups is 1. The quantitative estimate of drug-likeness (QED) is 0.312. The molecule has 150 valence electrons. The first-order valence-electron chi connectivity index (χ1n) is 7.90. The van der Waals surface area contributed by atoms with Crippen molar-refractivity contribution in [2.45, 2.75) is 6.92 Å². The molecule has 1 aromatic rings. The van der Waals surface area contributed by atoms with Crippen LogP contribution in [-0.2, 0) is 19.1 Å². The molecule has 0 radical (unpaired) electrons. The Morgan fingerprint density at radius 2 is 2.04 bits per heavy atom. The predicted molar refractivity (Wildman–Crippen MR) is 108 cm³/mol. The number of carbonyl (C=O) groups excluding carboxylic acids is 3. The Morgan fingerprint density at radius 1 is 1.32 bits per heavy atom. The zero-order chi connectivity index (χ0) is 20.8. The summed E-state index contributed by atoms with van der Waals surface area (Å²) in [4.78, 5) is 47.7. The fraction of sp³-hybridized carbons (Fsp3) is 0.294. The second-order valence-corrected chi connectivity index (χ2v) is 7.44. The van der Waals surface area contributed by atoms with Gasteiger partial charge in [-0.1, -0.05) is 0 Å². The second-order valence-electron chi connectivity index (χ2n) is 5.29. The van der Waals surface area contributed by atoms with Gasteiger partial charge in [0.25, 0.3) is 11.1 Å². The van der Waals surface area contributed by atoms with Crippen LogP contribution >= 0.6 is 34.4 Å². The third kappa shape index (κ3) is 5.38. The fourth-order valence-electron chi connectivity index (χ4n) is 2.22. The number of rotatable bonds is 8. The number of halogens is 1. The summed E-state index contributed by atoms with van der Waals surface area (Å²) in [6, 6.07) is 3.21. The van der Waals surface area contributed by atoms with Crippen LogP contribution < -0.4 is 9.47 Å². The topological polar surface area (TPSA) is 119 Å². The minimum absolute atomic E-state index is 0.145. The highest BCUT2D eigenvalue weighted by atomic mass is 127. The van der Waals surface area contributed by atoms with Crippen LogP contribution in [0.5, 0.6) is 11.5 Å². The Morgan fingerprint density at radius 3 is 2.64 bits per heavy atom. The van der Waals surface area contributed by atoms with Crippen molar-refractivity contribution in [1.29, 1.82) is 0 Å². The average Bonchev–Trinajstić information content (AvgIpc) is 2.87. The van der Waals surface area contributed by atoms with Crippen LogP contribution in [0, 0.1) is 3.57 Å². The number of methoxy groups -OCH3 is 1. The summed E-state index contributed by atoms with van der Waals surface area (Å²) in [5.74, 6) is -1.84. The van der Waals surface area contributed by atoms with Crippen LogP contribution in [0.3, 0.4) is 0 Å². The number of hydrogen-bond donors (Lipinski definition) is 1. The Labute approximate surface area is 178 Å². The number of esters is 1. The third-order valence-electron chi connectivity index (χ3n) is 3.36. The normalized spacial score (nSPS) is 15.1. The summed E-state index contributed by atoms with van der Waals surface area (Å²) >= 11 is 2.66. The molecule has 0 aliphatic carbocycles. The van der Waals surface area contributed by atoms with E-state index in [0.717, 1.165) is 4.90 Å². The van der Waals surface area contributed by atoms with E-state index in [1.165, 1.54) is 13.2 Å². The lowest BCUT2D eigenvalue weighted by Crippen LogP contribution is -2.34. The number of carboxylic acid groups (broad SMARTS) is 1. The second kappa shape index (κ2) is 9.78. The molecule has 1 heterocycles. The van der Waals surface area contributed by atoms with Crippen molar-refractivity contribution in [2.75, 3.05) is 26.9 Å². The Bertz CT molecular complexity index is 854. The maximum Gasteiger partial charge on any atom is 0.341 e. The van der Waals surface area contributed by atoms with Gasteiger partial charge in [-0.05, 0) is 65.0 Å². The van der Waals surface area contributed by atoms with Gasteiger partial charge in [0.05, 0.1) is 22.2 Å². The highest BCUT2D eigenvalue weighted by molar-refractivity contribution is 14.1. The lowest BCUT2D eigenvalue weighted by Gasteiger charge is -2.12. The molecule has 1 fully saturated rings. The van der Waals surface area contributed by atoms with Gasteiger partial charge in [0.15, 0.2) is 18.1 Å². The van der Waals surface area contributed by atoms with E-state index in [1.807, 2.05) is 22.6 Å². The SMILES string of the molecule is CCOC(=O)CN1C(=O)S/C(=C\c2cc(I)c(OCC(=O)O)c(OC)c2)C1=O. The number of thioether (sulfide) groups is 1. The van der Waals surface area contributed by atoms with Crippen LogP contribution in [-0.4, -0.2) is 60.0 Å². The number of aliphatic carboxylic acids is 1. The van der Waals surface area contributed by atoms with Crippen LogP contribution in [0.1, 0.15) is 12.5 Å². The van der Waals surface area contributed by atoms with Gasteiger partial charge in [0.1, 0.15) is 6.54 Å². The van der Waals surface area contributed by atoms with Crippen LogP contribution in [0.25, 0.3) is 6.08 Å². The van der Waals surface area contributed by atoms with E-state index >= 15 is 0 Å². The number of hydrogen-bond acceptors (Lipinski definition) is 8. The minimum atomic E-state index is -1.13. The number of nitrogens with zero attached hydrogens (tertiary/aromatic N) is 1. The molecule has 1 aliphatic heterocycles. The zero-order valence-corrected chi connectivity index (χ0v) is 17.9. The third-order valence-corrected chi connectivity index (χ3v) is 5.06. The molecule has 1 aliphatic rings. The zero-order valence-electron chi connectivity index (χ0n) is 14.9. The van der Waals surface area contributed by atoms with Gasteiger partial charge in [-0.25, -0.2) is 4.79 Å². The first-order valence-corrected chi connectivity index (χ1v) is 9.79. The molecule has 0 atom stereocenters.